The summed E-state index contributed by atoms with van der Waals surface area (Å²) in [7, 11) is -4.77. The first kappa shape index (κ1) is 64.7. The van der Waals surface area contributed by atoms with Crippen LogP contribution in [0.5, 0.6) is 0 Å². The summed E-state index contributed by atoms with van der Waals surface area (Å²) in [6.07, 6.45) is 57.4. The van der Waals surface area contributed by atoms with Crippen LogP contribution < -0.4 is 5.32 Å². The van der Waals surface area contributed by atoms with Gasteiger partial charge in [-0.25, -0.2) is 9.36 Å². The molecular weight excluding hydrogens is 866 g/mol. The van der Waals surface area contributed by atoms with Crippen molar-refractivity contribution in [3.05, 3.63) is 36.5 Å². The van der Waals surface area contributed by atoms with Crippen molar-refractivity contribution in [2.75, 3.05) is 19.8 Å². The number of phosphoric acid groups is 1. The van der Waals surface area contributed by atoms with Crippen LogP contribution >= 0.6 is 7.82 Å². The number of allylic oxidation sites excluding steroid dienone is 6. The zero-order valence-corrected chi connectivity index (χ0v) is 43.9. The van der Waals surface area contributed by atoms with Crippen LogP contribution in [0.3, 0.4) is 0 Å². The molecule has 3 atom stereocenters. The second-order valence-electron chi connectivity index (χ2n) is 18.8. The molecule has 0 aromatic rings. The minimum atomic E-state index is -4.77. The van der Waals surface area contributed by atoms with E-state index in [0.29, 0.717) is 12.8 Å². The highest BCUT2D eigenvalue weighted by Gasteiger charge is 2.28. The van der Waals surface area contributed by atoms with Crippen LogP contribution in [0.1, 0.15) is 264 Å². The SMILES string of the molecule is CCCCC/C=C\C/C=C\C/C=C\CCCCCCCCC(=O)NC(COP(=O)(O)OCC(O)COC(=O)CCCCCCCCCCCCCCCCCCCCCCCCCC)C(=O)O. The number of phosphoric ester groups is 1. The number of hydrogen-bond donors (Lipinski definition) is 4. The maximum atomic E-state index is 12.4. The lowest BCUT2D eigenvalue weighted by atomic mass is 10.0. The lowest BCUT2D eigenvalue weighted by Gasteiger charge is -2.18. The normalized spacial score (nSPS) is 13.7. The van der Waals surface area contributed by atoms with E-state index in [4.69, 9.17) is 13.8 Å². The van der Waals surface area contributed by atoms with Crippen LogP contribution in [0.2, 0.25) is 0 Å². The van der Waals surface area contributed by atoms with E-state index in [1.54, 1.807) is 0 Å². The number of carboxylic acids is 1. The molecule has 0 rings (SSSR count). The zero-order valence-electron chi connectivity index (χ0n) is 43.0. The number of nitrogens with one attached hydrogen (secondary N) is 1. The average molecular weight is 968 g/mol. The first-order chi connectivity index (χ1) is 32.6. The molecule has 0 saturated carbocycles. The third kappa shape index (κ3) is 49.9. The van der Waals surface area contributed by atoms with Gasteiger partial charge in [-0.3, -0.25) is 18.6 Å². The predicted molar refractivity (Wildman–Crippen MR) is 277 cm³/mol. The highest BCUT2D eigenvalue weighted by Crippen LogP contribution is 2.43. The van der Waals surface area contributed by atoms with Gasteiger partial charge >= 0.3 is 19.8 Å². The second-order valence-corrected chi connectivity index (χ2v) is 20.2. The lowest BCUT2D eigenvalue weighted by Crippen LogP contribution is -2.43. The third-order valence-corrected chi connectivity index (χ3v) is 13.1. The zero-order chi connectivity index (χ0) is 49.2. The number of carbonyl (C=O) groups excluding carboxylic acids is 2. The number of ether oxygens (including phenoxy) is 1. The minimum absolute atomic E-state index is 0.131. The van der Waals surface area contributed by atoms with Gasteiger partial charge in [0, 0.05) is 12.8 Å². The van der Waals surface area contributed by atoms with Crippen molar-refractivity contribution in [3.8, 4) is 0 Å². The molecule has 12 heteroatoms. The van der Waals surface area contributed by atoms with E-state index in [1.807, 2.05) is 0 Å². The van der Waals surface area contributed by atoms with Crippen LogP contribution in [-0.2, 0) is 32.7 Å². The Bertz CT molecular complexity index is 1270. The van der Waals surface area contributed by atoms with Gasteiger partial charge in [0.2, 0.25) is 5.91 Å². The molecule has 1 amide bonds. The van der Waals surface area contributed by atoms with Gasteiger partial charge in [-0.1, -0.05) is 237 Å². The van der Waals surface area contributed by atoms with E-state index in [1.165, 1.54) is 154 Å². The smallest absolute Gasteiger partial charge is 0.472 e. The number of carbonyl (C=O) groups is 3. The number of esters is 1. The molecule has 0 aliphatic heterocycles. The number of aliphatic carboxylic acids is 1. The first-order valence-corrected chi connectivity index (χ1v) is 29.0. The molecule has 0 fully saturated rings. The maximum Gasteiger partial charge on any atom is 0.472 e. The van der Waals surface area contributed by atoms with Crippen molar-refractivity contribution in [1.29, 1.82) is 0 Å². The summed E-state index contributed by atoms with van der Waals surface area (Å²) >= 11 is 0. The number of unbranched alkanes of at least 4 members (excludes halogenated alkanes) is 32. The molecule has 0 aliphatic rings. The van der Waals surface area contributed by atoms with Crippen LogP contribution in [0.4, 0.5) is 0 Å². The molecule has 11 nitrogen and oxygen atoms in total. The van der Waals surface area contributed by atoms with Gasteiger partial charge < -0.3 is 25.2 Å². The van der Waals surface area contributed by atoms with E-state index in [2.05, 4.69) is 55.6 Å². The Labute approximate surface area is 410 Å². The van der Waals surface area contributed by atoms with E-state index < -0.39 is 57.6 Å². The minimum Gasteiger partial charge on any atom is -0.480 e. The Balaban J connectivity index is 3.78. The van der Waals surface area contributed by atoms with Crippen molar-refractivity contribution in [1.82, 2.24) is 5.32 Å². The summed E-state index contributed by atoms with van der Waals surface area (Å²) in [6, 6.07) is -1.55. The van der Waals surface area contributed by atoms with Gasteiger partial charge in [0.15, 0.2) is 6.04 Å². The fourth-order valence-electron chi connectivity index (χ4n) is 7.91. The molecule has 0 heterocycles. The van der Waals surface area contributed by atoms with Crippen molar-refractivity contribution in [3.63, 3.8) is 0 Å². The third-order valence-electron chi connectivity index (χ3n) is 12.2. The number of hydrogen-bond acceptors (Lipinski definition) is 8. The monoisotopic (exact) mass is 968 g/mol. The predicted octanol–water partition coefficient (Wildman–Crippen LogP) is 15.5. The highest BCUT2D eigenvalue weighted by molar-refractivity contribution is 7.47. The number of rotatable bonds is 52. The van der Waals surface area contributed by atoms with Crippen LogP contribution in [-0.4, -0.2) is 64.9 Å². The summed E-state index contributed by atoms with van der Waals surface area (Å²) in [5.41, 5.74) is 0. The summed E-state index contributed by atoms with van der Waals surface area (Å²) in [4.78, 5) is 46.2. The molecule has 392 valence electrons. The average Bonchev–Trinajstić information content (AvgIpc) is 3.31. The van der Waals surface area contributed by atoms with Gasteiger partial charge in [0.25, 0.3) is 0 Å². The van der Waals surface area contributed by atoms with Gasteiger partial charge in [-0.2, -0.15) is 0 Å². The van der Waals surface area contributed by atoms with Gasteiger partial charge in [0.05, 0.1) is 13.2 Å². The van der Waals surface area contributed by atoms with Crippen molar-refractivity contribution in [2.45, 2.75) is 276 Å². The first-order valence-electron chi connectivity index (χ1n) is 27.5. The molecular formula is C55H102NO10P. The van der Waals surface area contributed by atoms with Crippen molar-refractivity contribution >= 4 is 25.7 Å². The highest BCUT2D eigenvalue weighted by atomic mass is 31.2. The maximum absolute atomic E-state index is 12.4. The Morgan fingerprint density at radius 3 is 1.25 bits per heavy atom. The number of aliphatic hydroxyl groups is 1. The molecule has 4 N–H and O–H groups in total. The molecule has 0 radical (unpaired) electrons. The summed E-state index contributed by atoms with van der Waals surface area (Å²) < 4.78 is 27.0. The summed E-state index contributed by atoms with van der Waals surface area (Å²) in [5.74, 6) is -2.38. The molecule has 0 aliphatic carbocycles. The topological polar surface area (TPSA) is 169 Å². The van der Waals surface area contributed by atoms with Crippen LogP contribution in [0.15, 0.2) is 36.5 Å². The Morgan fingerprint density at radius 1 is 0.478 bits per heavy atom. The van der Waals surface area contributed by atoms with E-state index in [-0.39, 0.29) is 12.8 Å². The standard InChI is InChI=1S/C55H102NO10P/c1-3-5-7-9-11-13-15-17-19-21-23-24-25-26-27-29-31-33-35-37-39-41-43-45-47-54(59)64-48-51(57)49-65-67(62,63)66-50-52(55(60)61)56-53(58)46-44-42-40-38-36-34-32-30-28-22-20-18-16-14-12-10-8-6-4-2/h12,14,18,20,28,30,51-52,57H,3-11,13,15-17,19,21-27,29,31-50H2,1-2H3,(H,56,58)(H,60,61)(H,62,63)/b14-12-,20-18-,30-28-. The molecule has 3 unspecified atom stereocenters. The summed E-state index contributed by atoms with van der Waals surface area (Å²) in [6.45, 7) is 2.61. The van der Waals surface area contributed by atoms with Crippen LogP contribution in [0, 0.1) is 0 Å². The van der Waals surface area contributed by atoms with Crippen molar-refractivity contribution < 1.29 is 47.8 Å². The van der Waals surface area contributed by atoms with E-state index >= 15 is 0 Å². The molecule has 0 bridgehead atoms. The quantitative estimate of drug-likeness (QED) is 0.0199. The lowest BCUT2D eigenvalue weighted by molar-refractivity contribution is -0.147. The molecule has 0 aromatic heterocycles. The number of carboxylic acid groups (broad SMARTS) is 1. The van der Waals surface area contributed by atoms with E-state index in [9.17, 15) is 34.1 Å². The summed E-state index contributed by atoms with van der Waals surface area (Å²) in [5, 5.41) is 21.9. The molecule has 0 saturated heterocycles. The number of aliphatic hydroxyl groups excluding tert-OH is 1. The Morgan fingerprint density at radius 2 is 0.821 bits per heavy atom. The molecule has 0 aromatic carbocycles. The van der Waals surface area contributed by atoms with Gasteiger partial charge in [-0.15, -0.1) is 0 Å². The van der Waals surface area contributed by atoms with Crippen LogP contribution in [0.25, 0.3) is 0 Å². The Hall–Kier alpha value is -2.30. The van der Waals surface area contributed by atoms with E-state index in [0.717, 1.165) is 70.6 Å². The Kier molecular flexibility index (Phi) is 48.4. The van der Waals surface area contributed by atoms with Gasteiger partial charge in [0.1, 0.15) is 12.7 Å². The fraction of sp³-hybridized carbons (Fsp3) is 0.836. The van der Waals surface area contributed by atoms with Crippen molar-refractivity contribution in [2.24, 2.45) is 0 Å². The van der Waals surface area contributed by atoms with Gasteiger partial charge in [-0.05, 0) is 51.4 Å². The molecule has 0 spiro atoms. The second kappa shape index (κ2) is 50.1. The fourth-order valence-corrected chi connectivity index (χ4v) is 8.69. The molecule has 67 heavy (non-hydrogen) atoms. The largest absolute Gasteiger partial charge is 0.480 e. The number of amides is 1.